The number of carbonyl (C=O) groups is 1. The quantitative estimate of drug-likeness (QED) is 0.563. The molecule has 30 heavy (non-hydrogen) atoms. The third-order valence-electron chi connectivity index (χ3n) is 4.76. The number of nitrogens with one attached hydrogen (secondary N) is 2. The van der Waals surface area contributed by atoms with E-state index in [1.54, 1.807) is 25.0 Å². The molecule has 2 N–H and O–H groups in total. The molecule has 8 nitrogen and oxygen atoms in total. The van der Waals surface area contributed by atoms with E-state index in [0.717, 1.165) is 21.6 Å². The second kappa shape index (κ2) is 8.57. The smallest absolute Gasteiger partial charge is 0.240 e. The van der Waals surface area contributed by atoms with Gasteiger partial charge in [-0.25, -0.2) is 4.68 Å². The summed E-state index contributed by atoms with van der Waals surface area (Å²) in [6.45, 7) is 1.86. The highest BCUT2D eigenvalue weighted by molar-refractivity contribution is 9.10. The number of para-hydroxylation sites is 2. The fourth-order valence-electron chi connectivity index (χ4n) is 3.24. The molecule has 1 aliphatic rings. The first kappa shape index (κ1) is 20.5. The number of carbonyl (C=O) groups excluding carboxylic acids is 1. The van der Waals surface area contributed by atoms with Crippen molar-refractivity contribution in [1.82, 2.24) is 14.9 Å². The van der Waals surface area contributed by atoms with E-state index < -0.39 is 5.25 Å². The van der Waals surface area contributed by atoms with Crippen molar-refractivity contribution in [3.63, 3.8) is 0 Å². The summed E-state index contributed by atoms with van der Waals surface area (Å²) < 4.78 is 13.3. The summed E-state index contributed by atoms with van der Waals surface area (Å²) in [5.41, 5.74) is 4.93. The molecule has 0 aliphatic carbocycles. The van der Waals surface area contributed by atoms with Gasteiger partial charge in [-0.15, -0.1) is 10.2 Å². The van der Waals surface area contributed by atoms with Crippen molar-refractivity contribution in [2.45, 2.75) is 23.4 Å². The third-order valence-corrected chi connectivity index (χ3v) is 6.59. The van der Waals surface area contributed by atoms with Crippen LogP contribution in [0.15, 0.2) is 52.1 Å². The summed E-state index contributed by atoms with van der Waals surface area (Å²) in [5, 5.41) is 11.4. The SMILES string of the molecule is COc1ccc([C@H]2Nn3c(C)nnc3S[C@H]2C(=O)Nc2ccccc2OC)cc1Br. The number of methoxy groups -OCH3 is 2. The summed E-state index contributed by atoms with van der Waals surface area (Å²) in [5.74, 6) is 1.88. The molecule has 156 valence electrons. The minimum Gasteiger partial charge on any atom is -0.496 e. The van der Waals surface area contributed by atoms with Gasteiger partial charge in [0.25, 0.3) is 0 Å². The number of ether oxygens (including phenoxy) is 2. The number of aryl methyl sites for hydroxylation is 1. The molecule has 2 aromatic carbocycles. The van der Waals surface area contributed by atoms with Crippen LogP contribution in [0.2, 0.25) is 0 Å². The van der Waals surface area contributed by atoms with Crippen LogP contribution >= 0.6 is 27.7 Å². The van der Waals surface area contributed by atoms with E-state index in [-0.39, 0.29) is 11.9 Å². The maximum atomic E-state index is 13.3. The number of thioether (sulfide) groups is 1. The normalized spacial score (nSPS) is 17.6. The maximum Gasteiger partial charge on any atom is 0.240 e. The number of amides is 1. The Morgan fingerprint density at radius 2 is 1.93 bits per heavy atom. The fourth-order valence-corrected chi connectivity index (χ4v) is 4.92. The predicted octanol–water partition coefficient (Wildman–Crippen LogP) is 3.76. The van der Waals surface area contributed by atoms with Crippen LogP contribution in [0.3, 0.4) is 0 Å². The lowest BCUT2D eigenvalue weighted by Crippen LogP contribution is -2.41. The Kier molecular flexibility index (Phi) is 5.87. The van der Waals surface area contributed by atoms with Crippen LogP contribution < -0.4 is 20.2 Å². The lowest BCUT2D eigenvalue weighted by Gasteiger charge is -2.33. The Bertz CT molecular complexity index is 1090. The predicted molar refractivity (Wildman–Crippen MR) is 119 cm³/mol. The number of rotatable bonds is 5. The summed E-state index contributed by atoms with van der Waals surface area (Å²) >= 11 is 4.90. The van der Waals surface area contributed by atoms with E-state index in [9.17, 15) is 4.79 Å². The first-order chi connectivity index (χ1) is 14.5. The molecule has 0 fully saturated rings. The minimum atomic E-state index is -0.494. The molecule has 0 saturated carbocycles. The molecule has 1 amide bonds. The molecule has 0 radical (unpaired) electrons. The molecule has 3 aromatic rings. The fraction of sp³-hybridized carbons (Fsp3) is 0.250. The Labute approximate surface area is 186 Å². The number of halogens is 1. The molecular weight excluding hydrogens is 470 g/mol. The van der Waals surface area contributed by atoms with Crippen molar-refractivity contribution in [3.05, 3.63) is 58.3 Å². The van der Waals surface area contributed by atoms with Crippen LogP contribution in [0.1, 0.15) is 17.4 Å². The lowest BCUT2D eigenvalue weighted by atomic mass is 10.0. The van der Waals surface area contributed by atoms with E-state index in [0.29, 0.717) is 16.6 Å². The molecule has 1 aliphatic heterocycles. The lowest BCUT2D eigenvalue weighted by molar-refractivity contribution is -0.116. The van der Waals surface area contributed by atoms with Crippen molar-refractivity contribution in [2.75, 3.05) is 25.0 Å². The number of hydrogen-bond donors (Lipinski definition) is 2. The summed E-state index contributed by atoms with van der Waals surface area (Å²) in [7, 11) is 3.19. The summed E-state index contributed by atoms with van der Waals surface area (Å²) in [4.78, 5) is 13.3. The highest BCUT2D eigenvalue weighted by atomic mass is 79.9. The van der Waals surface area contributed by atoms with Crippen LogP contribution in [0.5, 0.6) is 11.5 Å². The minimum absolute atomic E-state index is 0.166. The standard InChI is InChI=1S/C20H20BrN5O3S/c1-11-23-24-20-26(11)25-17(12-8-9-15(28-2)13(21)10-12)18(30-20)19(27)22-14-6-4-5-7-16(14)29-3/h4-10,17-18,25H,1-3H3,(H,22,27)/t17-,18-/m1/s1. The van der Waals surface area contributed by atoms with Gasteiger partial charge >= 0.3 is 0 Å². The van der Waals surface area contributed by atoms with Crippen LogP contribution in [0.4, 0.5) is 5.69 Å². The van der Waals surface area contributed by atoms with Gasteiger partial charge in [-0.1, -0.05) is 30.0 Å². The van der Waals surface area contributed by atoms with Gasteiger partial charge < -0.3 is 20.2 Å². The Morgan fingerprint density at radius 3 is 2.67 bits per heavy atom. The number of anilines is 1. The number of aromatic nitrogens is 3. The maximum absolute atomic E-state index is 13.3. The van der Waals surface area contributed by atoms with Crippen molar-refractivity contribution >= 4 is 39.3 Å². The van der Waals surface area contributed by atoms with E-state index >= 15 is 0 Å². The zero-order chi connectivity index (χ0) is 21.3. The second-order valence-corrected chi connectivity index (χ2v) is 8.56. The van der Waals surface area contributed by atoms with Crippen molar-refractivity contribution in [3.8, 4) is 11.5 Å². The second-order valence-electron chi connectivity index (χ2n) is 6.59. The highest BCUT2D eigenvalue weighted by Crippen LogP contribution is 2.39. The van der Waals surface area contributed by atoms with Crippen LogP contribution in [-0.2, 0) is 4.79 Å². The van der Waals surface area contributed by atoms with Gasteiger partial charge in [-0.05, 0) is 52.7 Å². The number of fused-ring (bicyclic) bond motifs is 1. The number of nitrogens with zero attached hydrogens (tertiary/aromatic N) is 3. The summed E-state index contributed by atoms with van der Waals surface area (Å²) in [6.07, 6.45) is 0. The van der Waals surface area contributed by atoms with Crippen molar-refractivity contribution in [2.24, 2.45) is 0 Å². The molecule has 0 saturated heterocycles. The molecule has 0 spiro atoms. The zero-order valence-electron chi connectivity index (χ0n) is 16.5. The molecule has 10 heteroatoms. The average molecular weight is 490 g/mol. The number of benzene rings is 2. The van der Waals surface area contributed by atoms with Gasteiger partial charge in [-0.2, -0.15) is 0 Å². The molecule has 1 aromatic heterocycles. The number of hydrogen-bond acceptors (Lipinski definition) is 7. The Balaban J connectivity index is 1.69. The molecule has 2 heterocycles. The Hall–Kier alpha value is -2.72. The first-order valence-corrected chi connectivity index (χ1v) is 10.8. The van der Waals surface area contributed by atoms with Crippen LogP contribution in [-0.4, -0.2) is 40.3 Å². The topological polar surface area (TPSA) is 90.3 Å². The highest BCUT2D eigenvalue weighted by Gasteiger charge is 2.38. The van der Waals surface area contributed by atoms with Gasteiger partial charge in [0.2, 0.25) is 11.1 Å². The van der Waals surface area contributed by atoms with Crippen LogP contribution in [0, 0.1) is 6.92 Å². The molecule has 4 rings (SSSR count). The van der Waals surface area contributed by atoms with E-state index in [4.69, 9.17) is 9.47 Å². The largest absolute Gasteiger partial charge is 0.496 e. The Morgan fingerprint density at radius 1 is 1.17 bits per heavy atom. The monoisotopic (exact) mass is 489 g/mol. The third kappa shape index (κ3) is 3.84. The molecule has 2 atom stereocenters. The van der Waals surface area contributed by atoms with E-state index in [2.05, 4.69) is 36.9 Å². The van der Waals surface area contributed by atoms with Gasteiger partial charge in [-0.3, -0.25) is 4.79 Å². The van der Waals surface area contributed by atoms with Crippen LogP contribution in [0.25, 0.3) is 0 Å². The van der Waals surface area contributed by atoms with Crippen molar-refractivity contribution < 1.29 is 14.3 Å². The summed E-state index contributed by atoms with van der Waals surface area (Å²) in [6, 6.07) is 12.8. The molecular formula is C20H20BrN5O3S. The van der Waals surface area contributed by atoms with E-state index in [1.165, 1.54) is 11.8 Å². The van der Waals surface area contributed by atoms with Crippen molar-refractivity contribution in [1.29, 1.82) is 0 Å². The average Bonchev–Trinajstić information content (AvgIpc) is 3.13. The van der Waals surface area contributed by atoms with Gasteiger partial charge in [0.05, 0.1) is 30.4 Å². The van der Waals surface area contributed by atoms with Gasteiger partial charge in [0, 0.05) is 0 Å². The molecule has 0 bridgehead atoms. The zero-order valence-corrected chi connectivity index (χ0v) is 19.0. The van der Waals surface area contributed by atoms with E-state index in [1.807, 2.05) is 43.3 Å². The van der Waals surface area contributed by atoms with Gasteiger partial charge in [0.15, 0.2) is 0 Å². The van der Waals surface area contributed by atoms with Gasteiger partial charge in [0.1, 0.15) is 22.6 Å². The molecule has 0 unspecified atom stereocenters. The first-order valence-electron chi connectivity index (χ1n) is 9.14.